The van der Waals surface area contributed by atoms with Crippen LogP contribution in [0.1, 0.15) is 10.4 Å². The second kappa shape index (κ2) is 8.39. The SMILES string of the molecule is O=C(CNC(=O)c1cc(Br)cc(Br)c1Br)OCCS(=O)(=O)O. The summed E-state index contributed by atoms with van der Waals surface area (Å²) in [5.74, 6) is -2.03. The first-order valence-electron chi connectivity index (χ1n) is 5.63. The number of esters is 1. The number of halogens is 3. The molecule has 0 aliphatic carbocycles. The number of ether oxygens (including phenoxy) is 1. The van der Waals surface area contributed by atoms with E-state index in [2.05, 4.69) is 57.8 Å². The Hall–Kier alpha value is -0.490. The van der Waals surface area contributed by atoms with Crippen molar-refractivity contribution in [2.45, 2.75) is 0 Å². The zero-order valence-electron chi connectivity index (χ0n) is 10.8. The molecule has 0 spiro atoms. The molecule has 11 heteroatoms. The van der Waals surface area contributed by atoms with Crippen molar-refractivity contribution in [2.75, 3.05) is 18.9 Å². The zero-order chi connectivity index (χ0) is 16.9. The summed E-state index contributed by atoms with van der Waals surface area (Å²) in [7, 11) is -4.19. The molecule has 1 aromatic rings. The van der Waals surface area contributed by atoms with Crippen molar-refractivity contribution in [3.05, 3.63) is 31.1 Å². The molecule has 1 aromatic carbocycles. The van der Waals surface area contributed by atoms with Gasteiger partial charge in [0.25, 0.3) is 16.0 Å². The van der Waals surface area contributed by atoms with Crippen LogP contribution in [0, 0.1) is 0 Å². The lowest BCUT2D eigenvalue weighted by atomic mass is 10.2. The quantitative estimate of drug-likeness (QED) is 0.336. The number of carbonyl (C=O) groups is 2. The highest BCUT2D eigenvalue weighted by Crippen LogP contribution is 2.30. The summed E-state index contributed by atoms with van der Waals surface area (Å²) in [6, 6.07) is 3.30. The predicted octanol–water partition coefficient (Wildman–Crippen LogP) is 2.13. The van der Waals surface area contributed by atoms with Gasteiger partial charge in [0.2, 0.25) is 0 Å². The zero-order valence-corrected chi connectivity index (χ0v) is 16.4. The summed E-state index contributed by atoms with van der Waals surface area (Å²) in [5.41, 5.74) is 0.298. The van der Waals surface area contributed by atoms with Crippen LogP contribution in [0.5, 0.6) is 0 Å². The molecule has 0 atom stereocenters. The fraction of sp³-hybridized carbons (Fsp3) is 0.273. The highest BCUT2D eigenvalue weighted by molar-refractivity contribution is 9.13. The summed E-state index contributed by atoms with van der Waals surface area (Å²) in [4.78, 5) is 23.3. The summed E-state index contributed by atoms with van der Waals surface area (Å²) in [6.07, 6.45) is 0. The van der Waals surface area contributed by atoms with E-state index in [1.165, 1.54) is 0 Å². The molecule has 0 saturated carbocycles. The third kappa shape index (κ3) is 6.73. The molecule has 7 nitrogen and oxygen atoms in total. The number of carbonyl (C=O) groups excluding carboxylic acids is 2. The molecule has 2 N–H and O–H groups in total. The number of benzene rings is 1. The van der Waals surface area contributed by atoms with Gasteiger partial charge in [-0.05, 0) is 44.0 Å². The second-order valence-corrected chi connectivity index (χ2v) is 8.07. The van der Waals surface area contributed by atoms with Crippen molar-refractivity contribution in [3.8, 4) is 0 Å². The monoisotopic (exact) mass is 521 g/mol. The van der Waals surface area contributed by atoms with E-state index in [9.17, 15) is 18.0 Å². The van der Waals surface area contributed by atoms with Crippen molar-refractivity contribution in [1.29, 1.82) is 0 Å². The van der Waals surface area contributed by atoms with Gasteiger partial charge in [-0.3, -0.25) is 14.1 Å². The number of nitrogens with one attached hydrogen (secondary N) is 1. The van der Waals surface area contributed by atoms with Crippen LogP contribution in [-0.4, -0.2) is 43.8 Å². The standard InChI is InChI=1S/C11H10Br3NO6S/c12-6-3-7(10(14)8(13)4-6)11(17)15-5-9(16)21-1-2-22(18,19)20/h3-4H,1-2,5H2,(H,15,17)(H,18,19,20). The second-order valence-electron chi connectivity index (χ2n) is 3.94. The molecule has 0 saturated heterocycles. The fourth-order valence-electron chi connectivity index (χ4n) is 1.28. The average molecular weight is 524 g/mol. The first-order valence-corrected chi connectivity index (χ1v) is 9.62. The van der Waals surface area contributed by atoms with E-state index in [1.807, 2.05) is 0 Å². The van der Waals surface area contributed by atoms with E-state index in [4.69, 9.17) is 4.55 Å². The molecule has 0 unspecified atom stereocenters. The molecule has 0 heterocycles. The molecular weight excluding hydrogens is 514 g/mol. The van der Waals surface area contributed by atoms with E-state index in [1.54, 1.807) is 12.1 Å². The van der Waals surface area contributed by atoms with Crippen LogP contribution in [0.4, 0.5) is 0 Å². The first kappa shape index (κ1) is 19.6. The number of hydrogen-bond acceptors (Lipinski definition) is 5. The van der Waals surface area contributed by atoms with Crippen LogP contribution >= 0.6 is 47.8 Å². The normalized spacial score (nSPS) is 11.1. The Bertz CT molecular complexity index is 691. The van der Waals surface area contributed by atoms with Gasteiger partial charge in [-0.25, -0.2) is 0 Å². The van der Waals surface area contributed by atoms with Crippen molar-refractivity contribution >= 4 is 69.8 Å². The van der Waals surface area contributed by atoms with Crippen molar-refractivity contribution in [1.82, 2.24) is 5.32 Å². The van der Waals surface area contributed by atoms with Gasteiger partial charge in [-0.15, -0.1) is 0 Å². The number of rotatable bonds is 6. The Balaban J connectivity index is 2.55. The third-order valence-electron chi connectivity index (χ3n) is 2.24. The summed E-state index contributed by atoms with van der Waals surface area (Å²) >= 11 is 9.76. The molecular formula is C11H10Br3NO6S. The van der Waals surface area contributed by atoms with Gasteiger partial charge in [0, 0.05) is 13.4 Å². The molecule has 0 aliphatic heterocycles. The highest BCUT2D eigenvalue weighted by Gasteiger charge is 2.15. The Morgan fingerprint density at radius 3 is 2.45 bits per heavy atom. The Morgan fingerprint density at radius 2 is 1.86 bits per heavy atom. The minimum absolute atomic E-state index is 0.298. The van der Waals surface area contributed by atoms with Crippen LogP contribution in [0.15, 0.2) is 25.6 Å². The number of hydrogen-bond donors (Lipinski definition) is 2. The van der Waals surface area contributed by atoms with Crippen molar-refractivity contribution in [3.63, 3.8) is 0 Å². The third-order valence-corrected chi connectivity index (χ3v) is 5.39. The van der Waals surface area contributed by atoms with E-state index >= 15 is 0 Å². The molecule has 1 amide bonds. The minimum atomic E-state index is -4.19. The van der Waals surface area contributed by atoms with Gasteiger partial charge in [-0.2, -0.15) is 8.42 Å². The summed E-state index contributed by atoms with van der Waals surface area (Å²) in [6.45, 7) is -0.916. The molecule has 0 fully saturated rings. The van der Waals surface area contributed by atoms with Crippen LogP contribution in [0.25, 0.3) is 0 Å². The Morgan fingerprint density at radius 1 is 1.23 bits per heavy atom. The largest absolute Gasteiger partial charge is 0.463 e. The minimum Gasteiger partial charge on any atom is -0.463 e. The van der Waals surface area contributed by atoms with Crippen LogP contribution in [0.2, 0.25) is 0 Å². The van der Waals surface area contributed by atoms with Gasteiger partial charge in [0.05, 0.1) is 5.56 Å². The van der Waals surface area contributed by atoms with Crippen LogP contribution in [-0.2, 0) is 19.6 Å². The van der Waals surface area contributed by atoms with Gasteiger partial charge in [0.15, 0.2) is 0 Å². The maximum Gasteiger partial charge on any atom is 0.325 e. The summed E-state index contributed by atoms with van der Waals surface area (Å²) in [5, 5.41) is 2.34. The average Bonchev–Trinajstić information content (AvgIpc) is 2.38. The fourth-order valence-corrected chi connectivity index (χ4v) is 3.21. The van der Waals surface area contributed by atoms with Crippen molar-refractivity contribution in [2.24, 2.45) is 0 Å². The topological polar surface area (TPSA) is 110 Å². The molecule has 0 radical (unpaired) electrons. The summed E-state index contributed by atoms with van der Waals surface area (Å²) < 4.78 is 35.8. The van der Waals surface area contributed by atoms with E-state index in [0.717, 1.165) is 0 Å². The van der Waals surface area contributed by atoms with Crippen LogP contribution < -0.4 is 5.32 Å². The number of amides is 1. The van der Waals surface area contributed by atoms with Gasteiger partial charge >= 0.3 is 5.97 Å². The smallest absolute Gasteiger partial charge is 0.325 e. The van der Waals surface area contributed by atoms with Gasteiger partial charge in [0.1, 0.15) is 18.9 Å². The van der Waals surface area contributed by atoms with E-state index in [-0.39, 0.29) is 0 Å². The highest BCUT2D eigenvalue weighted by atomic mass is 79.9. The van der Waals surface area contributed by atoms with Gasteiger partial charge < -0.3 is 10.1 Å². The lowest BCUT2D eigenvalue weighted by molar-refractivity contribution is -0.141. The molecule has 0 bridgehead atoms. The maximum atomic E-state index is 12.0. The van der Waals surface area contributed by atoms with Gasteiger partial charge in [-0.1, -0.05) is 15.9 Å². The predicted molar refractivity (Wildman–Crippen MR) is 89.2 cm³/mol. The first-order chi connectivity index (χ1) is 10.1. The molecule has 1 rings (SSSR count). The van der Waals surface area contributed by atoms with Crippen molar-refractivity contribution < 1.29 is 27.3 Å². The maximum absolute atomic E-state index is 12.0. The van der Waals surface area contributed by atoms with E-state index in [0.29, 0.717) is 19.0 Å². The molecule has 0 aromatic heterocycles. The Kier molecular flexibility index (Phi) is 7.46. The molecule has 122 valence electrons. The molecule has 22 heavy (non-hydrogen) atoms. The lowest BCUT2D eigenvalue weighted by Crippen LogP contribution is -2.31. The van der Waals surface area contributed by atoms with E-state index < -0.39 is 40.9 Å². The molecule has 0 aliphatic rings. The van der Waals surface area contributed by atoms with Crippen LogP contribution in [0.3, 0.4) is 0 Å². The lowest BCUT2D eigenvalue weighted by Gasteiger charge is -2.09. The Labute approximate surface area is 151 Å².